The fourth-order valence-corrected chi connectivity index (χ4v) is 4.70. The summed E-state index contributed by atoms with van der Waals surface area (Å²) in [5.41, 5.74) is 4.95. The standard InChI is InChI=1S/C29H32FN7O3/c1-17(2)33-29(39)24-15-37-26(19(24)4)27(31-16-32-37)35-25-14-22(6-5-18(25)3)34-28(38)20-11-21(30)13-23(12-20)36-7-9-40-10-8-36/h5-6,11-17H,7-10H2,1-4H3,(H,33,39)(H,34,38)(H,31,32,35). The molecule has 5 rings (SSSR count). The lowest BCUT2D eigenvalue weighted by molar-refractivity contribution is 0.0941. The van der Waals surface area contributed by atoms with Crippen LogP contribution in [0.5, 0.6) is 0 Å². The van der Waals surface area contributed by atoms with Gasteiger partial charge in [-0.05, 0) is 69.2 Å². The van der Waals surface area contributed by atoms with Gasteiger partial charge in [0.25, 0.3) is 11.8 Å². The Kier molecular flexibility index (Phi) is 7.65. The highest BCUT2D eigenvalue weighted by atomic mass is 19.1. The zero-order chi connectivity index (χ0) is 28.4. The lowest BCUT2D eigenvalue weighted by Gasteiger charge is -2.29. The number of anilines is 4. The van der Waals surface area contributed by atoms with Crippen molar-refractivity contribution >= 4 is 40.2 Å². The van der Waals surface area contributed by atoms with Crippen molar-refractivity contribution in [2.75, 3.05) is 41.8 Å². The molecule has 2 amide bonds. The molecule has 1 aliphatic heterocycles. The molecule has 0 atom stereocenters. The number of carbonyl (C=O) groups is 2. The molecule has 11 heteroatoms. The number of nitrogens with zero attached hydrogens (tertiary/aromatic N) is 4. The smallest absolute Gasteiger partial charge is 0.255 e. The highest BCUT2D eigenvalue weighted by Crippen LogP contribution is 2.29. The molecule has 2 aromatic heterocycles. The van der Waals surface area contributed by atoms with Gasteiger partial charge in [-0.25, -0.2) is 13.9 Å². The van der Waals surface area contributed by atoms with Crippen LogP contribution in [0, 0.1) is 19.7 Å². The van der Waals surface area contributed by atoms with Crippen molar-refractivity contribution in [3.63, 3.8) is 0 Å². The maximum atomic E-state index is 14.4. The molecular weight excluding hydrogens is 513 g/mol. The number of rotatable bonds is 7. The summed E-state index contributed by atoms with van der Waals surface area (Å²) in [6.07, 6.45) is 3.10. The predicted octanol–water partition coefficient (Wildman–Crippen LogP) is 4.46. The van der Waals surface area contributed by atoms with Gasteiger partial charge >= 0.3 is 0 Å². The first-order valence-corrected chi connectivity index (χ1v) is 13.2. The lowest BCUT2D eigenvalue weighted by atomic mass is 10.1. The summed E-state index contributed by atoms with van der Waals surface area (Å²) in [6, 6.07) is 9.79. The first-order chi connectivity index (χ1) is 19.2. The van der Waals surface area contributed by atoms with Crippen LogP contribution in [0.25, 0.3) is 5.52 Å². The lowest BCUT2D eigenvalue weighted by Crippen LogP contribution is -2.36. The van der Waals surface area contributed by atoms with Gasteiger partial charge in [0, 0.05) is 48.0 Å². The Bertz CT molecular complexity index is 1580. The normalized spacial score (nSPS) is 13.5. The maximum Gasteiger partial charge on any atom is 0.255 e. The van der Waals surface area contributed by atoms with Gasteiger partial charge in [0.05, 0.1) is 18.8 Å². The molecular formula is C29H32FN7O3. The Morgan fingerprint density at radius 1 is 1.05 bits per heavy atom. The van der Waals surface area contributed by atoms with Crippen LogP contribution >= 0.6 is 0 Å². The third kappa shape index (κ3) is 5.74. The van der Waals surface area contributed by atoms with Crippen molar-refractivity contribution in [2.24, 2.45) is 0 Å². The van der Waals surface area contributed by atoms with E-state index < -0.39 is 11.7 Å². The van der Waals surface area contributed by atoms with Crippen LogP contribution in [0.4, 0.5) is 27.3 Å². The molecule has 10 nitrogen and oxygen atoms in total. The number of ether oxygens (including phenoxy) is 1. The van der Waals surface area contributed by atoms with Crippen LogP contribution in [-0.4, -0.2) is 58.8 Å². The molecule has 0 aliphatic carbocycles. The van der Waals surface area contributed by atoms with Gasteiger partial charge in [-0.15, -0.1) is 0 Å². The maximum absolute atomic E-state index is 14.4. The predicted molar refractivity (Wildman–Crippen MR) is 152 cm³/mol. The van der Waals surface area contributed by atoms with Crippen LogP contribution < -0.4 is 20.9 Å². The van der Waals surface area contributed by atoms with Gasteiger partial charge in [-0.1, -0.05) is 6.07 Å². The zero-order valence-electron chi connectivity index (χ0n) is 22.9. The molecule has 3 N–H and O–H groups in total. The molecule has 1 saturated heterocycles. The second kappa shape index (κ2) is 11.3. The van der Waals surface area contributed by atoms with Gasteiger partial charge < -0.3 is 25.6 Å². The average molecular weight is 546 g/mol. The van der Waals surface area contributed by atoms with Crippen molar-refractivity contribution in [3.05, 3.63) is 77.0 Å². The molecule has 3 heterocycles. The summed E-state index contributed by atoms with van der Waals surface area (Å²) in [4.78, 5) is 32.2. The molecule has 0 saturated carbocycles. The van der Waals surface area contributed by atoms with E-state index in [2.05, 4.69) is 26.0 Å². The molecule has 2 aromatic carbocycles. The van der Waals surface area contributed by atoms with E-state index in [4.69, 9.17) is 4.74 Å². The summed E-state index contributed by atoms with van der Waals surface area (Å²) in [5.74, 6) is -0.560. The summed E-state index contributed by atoms with van der Waals surface area (Å²) < 4.78 is 21.4. The fourth-order valence-electron chi connectivity index (χ4n) is 4.70. The molecule has 1 fully saturated rings. The Labute approximate surface area is 231 Å². The summed E-state index contributed by atoms with van der Waals surface area (Å²) in [5, 5.41) is 13.4. The molecule has 1 aliphatic rings. The molecule has 40 heavy (non-hydrogen) atoms. The second-order valence-electron chi connectivity index (χ2n) is 10.1. The van der Waals surface area contributed by atoms with Crippen LogP contribution in [0.2, 0.25) is 0 Å². The summed E-state index contributed by atoms with van der Waals surface area (Å²) in [7, 11) is 0. The van der Waals surface area contributed by atoms with Gasteiger partial charge in [0.15, 0.2) is 5.82 Å². The van der Waals surface area contributed by atoms with Crippen molar-refractivity contribution in [1.29, 1.82) is 0 Å². The highest BCUT2D eigenvalue weighted by Gasteiger charge is 2.20. The molecule has 0 radical (unpaired) electrons. The SMILES string of the molecule is Cc1ccc(NC(=O)c2cc(F)cc(N3CCOCC3)c2)cc1Nc1ncnn2cc(C(=O)NC(C)C)c(C)c12. The number of hydrogen-bond acceptors (Lipinski definition) is 7. The van der Waals surface area contributed by atoms with Crippen molar-refractivity contribution in [3.8, 4) is 0 Å². The summed E-state index contributed by atoms with van der Waals surface area (Å²) in [6.45, 7) is 9.99. The van der Waals surface area contributed by atoms with E-state index in [9.17, 15) is 14.0 Å². The van der Waals surface area contributed by atoms with E-state index in [1.165, 1.54) is 18.5 Å². The Morgan fingerprint density at radius 3 is 2.58 bits per heavy atom. The topological polar surface area (TPSA) is 113 Å². The number of morpholine rings is 1. The van der Waals surface area contributed by atoms with Crippen molar-refractivity contribution < 1.29 is 18.7 Å². The van der Waals surface area contributed by atoms with Gasteiger partial charge in [0.1, 0.15) is 17.7 Å². The van der Waals surface area contributed by atoms with Gasteiger partial charge in [0.2, 0.25) is 0 Å². The third-order valence-electron chi connectivity index (χ3n) is 6.76. The Morgan fingerprint density at radius 2 is 1.82 bits per heavy atom. The number of carbonyl (C=O) groups excluding carboxylic acids is 2. The number of benzene rings is 2. The van der Waals surface area contributed by atoms with Gasteiger partial charge in [-0.2, -0.15) is 5.10 Å². The van der Waals surface area contributed by atoms with E-state index in [1.54, 1.807) is 28.9 Å². The minimum Gasteiger partial charge on any atom is -0.378 e. The summed E-state index contributed by atoms with van der Waals surface area (Å²) >= 11 is 0. The number of aromatic nitrogens is 3. The van der Waals surface area contributed by atoms with Crippen molar-refractivity contribution in [2.45, 2.75) is 33.7 Å². The highest BCUT2D eigenvalue weighted by molar-refractivity contribution is 6.05. The number of nitrogens with one attached hydrogen (secondary N) is 3. The number of hydrogen-bond donors (Lipinski definition) is 3. The Hall–Kier alpha value is -4.51. The van der Waals surface area contributed by atoms with E-state index in [1.807, 2.05) is 38.7 Å². The van der Waals surface area contributed by atoms with E-state index in [-0.39, 0.29) is 17.5 Å². The number of fused-ring (bicyclic) bond motifs is 1. The molecule has 0 spiro atoms. The Balaban J connectivity index is 1.39. The van der Waals surface area contributed by atoms with E-state index in [0.717, 1.165) is 11.1 Å². The fraction of sp³-hybridized carbons (Fsp3) is 0.310. The van der Waals surface area contributed by atoms with E-state index >= 15 is 0 Å². The zero-order valence-corrected chi connectivity index (χ0v) is 22.9. The molecule has 208 valence electrons. The van der Waals surface area contributed by atoms with E-state index in [0.29, 0.717) is 60.3 Å². The molecule has 0 bridgehead atoms. The largest absolute Gasteiger partial charge is 0.378 e. The van der Waals surface area contributed by atoms with Crippen LogP contribution in [-0.2, 0) is 4.74 Å². The van der Waals surface area contributed by atoms with Gasteiger partial charge in [-0.3, -0.25) is 9.59 Å². The molecule has 0 unspecified atom stereocenters. The molecule has 4 aromatic rings. The second-order valence-corrected chi connectivity index (χ2v) is 10.1. The monoisotopic (exact) mass is 545 g/mol. The minimum absolute atomic E-state index is 0.00229. The van der Waals surface area contributed by atoms with Crippen LogP contribution in [0.15, 0.2) is 48.9 Å². The number of amides is 2. The minimum atomic E-state index is -0.475. The average Bonchev–Trinajstić information content (AvgIpc) is 3.27. The number of aryl methyl sites for hydroxylation is 2. The third-order valence-corrected chi connectivity index (χ3v) is 6.76. The van der Waals surface area contributed by atoms with Crippen LogP contribution in [0.1, 0.15) is 45.7 Å². The number of halogens is 1. The van der Waals surface area contributed by atoms with Crippen LogP contribution in [0.3, 0.4) is 0 Å². The quantitative estimate of drug-likeness (QED) is 0.314. The first kappa shape index (κ1) is 27.1. The first-order valence-electron chi connectivity index (χ1n) is 13.2. The van der Waals surface area contributed by atoms with Crippen molar-refractivity contribution in [1.82, 2.24) is 19.9 Å².